The molecular formula is C58H106O5. The van der Waals surface area contributed by atoms with Crippen LogP contribution >= 0.6 is 0 Å². The Morgan fingerprint density at radius 1 is 0.365 bits per heavy atom. The van der Waals surface area contributed by atoms with Gasteiger partial charge in [-0.25, -0.2) is 0 Å². The lowest BCUT2D eigenvalue weighted by atomic mass is 10.0. The van der Waals surface area contributed by atoms with E-state index in [9.17, 15) is 14.7 Å². The zero-order valence-electron chi connectivity index (χ0n) is 42.1. The van der Waals surface area contributed by atoms with Gasteiger partial charge in [0, 0.05) is 12.8 Å². The Labute approximate surface area is 392 Å². The highest BCUT2D eigenvalue weighted by Gasteiger charge is 2.16. The van der Waals surface area contributed by atoms with Crippen LogP contribution in [0, 0.1) is 0 Å². The molecule has 1 N–H and O–H groups in total. The zero-order chi connectivity index (χ0) is 45.6. The number of aliphatic hydroxyl groups is 1. The topological polar surface area (TPSA) is 72.8 Å². The Hall–Kier alpha value is -2.14. The van der Waals surface area contributed by atoms with Gasteiger partial charge in [-0.3, -0.25) is 9.59 Å². The summed E-state index contributed by atoms with van der Waals surface area (Å²) in [6.45, 7) is 4.07. The van der Waals surface area contributed by atoms with E-state index in [0.717, 1.165) is 64.2 Å². The van der Waals surface area contributed by atoms with Crippen LogP contribution in [0.2, 0.25) is 0 Å². The number of hydrogen-bond acceptors (Lipinski definition) is 5. The van der Waals surface area contributed by atoms with E-state index in [1.165, 1.54) is 199 Å². The maximum atomic E-state index is 12.2. The summed E-state index contributed by atoms with van der Waals surface area (Å²) in [6.07, 6.45) is 71.2. The SMILES string of the molecule is CCC/C=C\CCCCCCCC(=O)OCC(CO)OC(=O)CCCCCCCCCCCCCCCCCCCCCCCCCC/C=C\C/C=C\C/C=C\CCCCCCC. The quantitative estimate of drug-likeness (QED) is 0.0374. The normalized spacial score (nSPS) is 12.5. The molecule has 0 saturated carbocycles. The van der Waals surface area contributed by atoms with Crippen molar-refractivity contribution in [3.63, 3.8) is 0 Å². The number of carbonyl (C=O) groups is 2. The van der Waals surface area contributed by atoms with Crippen LogP contribution in [0.4, 0.5) is 0 Å². The van der Waals surface area contributed by atoms with Crippen molar-refractivity contribution in [1.82, 2.24) is 0 Å². The van der Waals surface area contributed by atoms with Crippen molar-refractivity contribution in [1.29, 1.82) is 0 Å². The van der Waals surface area contributed by atoms with Crippen LogP contribution in [-0.4, -0.2) is 36.4 Å². The largest absolute Gasteiger partial charge is 0.462 e. The lowest BCUT2D eigenvalue weighted by Crippen LogP contribution is -2.28. The predicted molar refractivity (Wildman–Crippen MR) is 274 cm³/mol. The van der Waals surface area contributed by atoms with Crippen LogP contribution in [0.1, 0.15) is 290 Å². The molecule has 0 aliphatic rings. The van der Waals surface area contributed by atoms with Gasteiger partial charge in [0.05, 0.1) is 6.61 Å². The Morgan fingerprint density at radius 2 is 0.667 bits per heavy atom. The van der Waals surface area contributed by atoms with Crippen molar-refractivity contribution in [2.24, 2.45) is 0 Å². The molecule has 0 bridgehead atoms. The molecule has 0 fully saturated rings. The molecule has 0 heterocycles. The van der Waals surface area contributed by atoms with Crippen molar-refractivity contribution in [2.75, 3.05) is 13.2 Å². The van der Waals surface area contributed by atoms with Gasteiger partial charge in [0.2, 0.25) is 0 Å². The second-order valence-corrected chi connectivity index (χ2v) is 18.7. The summed E-state index contributed by atoms with van der Waals surface area (Å²) in [4.78, 5) is 24.3. The third kappa shape index (κ3) is 52.4. The van der Waals surface area contributed by atoms with Crippen molar-refractivity contribution in [2.45, 2.75) is 296 Å². The van der Waals surface area contributed by atoms with Crippen LogP contribution in [0.5, 0.6) is 0 Å². The van der Waals surface area contributed by atoms with E-state index in [-0.39, 0.29) is 25.2 Å². The first-order chi connectivity index (χ1) is 31.1. The van der Waals surface area contributed by atoms with Crippen molar-refractivity contribution >= 4 is 11.9 Å². The van der Waals surface area contributed by atoms with Crippen LogP contribution in [0.3, 0.4) is 0 Å². The van der Waals surface area contributed by atoms with Crippen LogP contribution in [0.15, 0.2) is 48.6 Å². The fraction of sp³-hybridized carbons (Fsp3) is 0.828. The Morgan fingerprint density at radius 3 is 1.03 bits per heavy atom. The molecule has 0 aliphatic heterocycles. The van der Waals surface area contributed by atoms with Gasteiger partial charge in [0.1, 0.15) is 6.61 Å². The Bertz CT molecular complexity index is 1040. The molecule has 0 aromatic carbocycles. The first kappa shape index (κ1) is 60.9. The number of hydrogen-bond donors (Lipinski definition) is 1. The number of unbranched alkanes of at least 4 members (excludes halogenated alkanes) is 35. The summed E-state index contributed by atoms with van der Waals surface area (Å²) in [7, 11) is 0. The van der Waals surface area contributed by atoms with Gasteiger partial charge >= 0.3 is 11.9 Å². The van der Waals surface area contributed by atoms with Gasteiger partial charge in [-0.15, -0.1) is 0 Å². The van der Waals surface area contributed by atoms with Gasteiger partial charge in [-0.1, -0.05) is 255 Å². The molecule has 0 rings (SSSR count). The summed E-state index contributed by atoms with van der Waals surface area (Å²) >= 11 is 0. The lowest BCUT2D eigenvalue weighted by Gasteiger charge is -2.15. The highest BCUT2D eigenvalue weighted by atomic mass is 16.6. The van der Waals surface area contributed by atoms with Crippen molar-refractivity contribution in [3.05, 3.63) is 48.6 Å². The molecular weight excluding hydrogens is 777 g/mol. The highest BCUT2D eigenvalue weighted by Crippen LogP contribution is 2.17. The van der Waals surface area contributed by atoms with E-state index < -0.39 is 6.10 Å². The number of esters is 2. The second-order valence-electron chi connectivity index (χ2n) is 18.7. The Balaban J connectivity index is 3.36. The minimum atomic E-state index is -0.771. The number of rotatable bonds is 51. The van der Waals surface area contributed by atoms with Gasteiger partial charge < -0.3 is 14.6 Å². The number of allylic oxidation sites excluding steroid dienone is 8. The maximum absolute atomic E-state index is 12.2. The van der Waals surface area contributed by atoms with Gasteiger partial charge in [-0.05, 0) is 70.6 Å². The molecule has 5 nitrogen and oxygen atoms in total. The number of ether oxygens (including phenoxy) is 2. The molecule has 368 valence electrons. The smallest absolute Gasteiger partial charge is 0.306 e. The van der Waals surface area contributed by atoms with E-state index in [0.29, 0.717) is 12.8 Å². The number of carbonyl (C=O) groups excluding carboxylic acids is 2. The molecule has 0 aromatic heterocycles. The highest BCUT2D eigenvalue weighted by molar-refractivity contribution is 5.70. The second kappa shape index (κ2) is 54.2. The fourth-order valence-corrected chi connectivity index (χ4v) is 8.16. The first-order valence-electron chi connectivity index (χ1n) is 27.7. The van der Waals surface area contributed by atoms with E-state index in [2.05, 4.69) is 62.5 Å². The summed E-state index contributed by atoms with van der Waals surface area (Å²) in [6, 6.07) is 0. The average molecular weight is 883 g/mol. The minimum absolute atomic E-state index is 0.0671. The monoisotopic (exact) mass is 883 g/mol. The molecule has 0 amide bonds. The molecule has 0 aliphatic carbocycles. The van der Waals surface area contributed by atoms with Crippen LogP contribution in [-0.2, 0) is 19.1 Å². The van der Waals surface area contributed by atoms with Gasteiger partial charge in [0.15, 0.2) is 6.10 Å². The van der Waals surface area contributed by atoms with E-state index >= 15 is 0 Å². The third-order valence-corrected chi connectivity index (χ3v) is 12.3. The predicted octanol–water partition coefficient (Wildman–Crippen LogP) is 18.5. The molecule has 1 atom stereocenters. The van der Waals surface area contributed by atoms with Crippen molar-refractivity contribution in [3.8, 4) is 0 Å². The van der Waals surface area contributed by atoms with Gasteiger partial charge in [0.25, 0.3) is 0 Å². The average Bonchev–Trinajstić information content (AvgIpc) is 3.29. The van der Waals surface area contributed by atoms with Crippen LogP contribution < -0.4 is 0 Å². The maximum Gasteiger partial charge on any atom is 0.306 e. The van der Waals surface area contributed by atoms with Crippen molar-refractivity contribution < 1.29 is 24.2 Å². The van der Waals surface area contributed by atoms with E-state index in [1.54, 1.807) is 0 Å². The Kier molecular flexibility index (Phi) is 52.4. The third-order valence-electron chi connectivity index (χ3n) is 12.3. The minimum Gasteiger partial charge on any atom is -0.462 e. The summed E-state index contributed by atoms with van der Waals surface area (Å²) < 4.78 is 10.6. The molecule has 63 heavy (non-hydrogen) atoms. The molecule has 1 unspecified atom stereocenters. The van der Waals surface area contributed by atoms with E-state index in [1.807, 2.05) is 0 Å². The van der Waals surface area contributed by atoms with Gasteiger partial charge in [-0.2, -0.15) is 0 Å². The first-order valence-corrected chi connectivity index (χ1v) is 27.7. The number of aliphatic hydroxyl groups excluding tert-OH is 1. The zero-order valence-corrected chi connectivity index (χ0v) is 42.1. The molecule has 0 saturated heterocycles. The molecule has 0 spiro atoms. The van der Waals surface area contributed by atoms with E-state index in [4.69, 9.17) is 9.47 Å². The molecule has 0 aromatic rings. The summed E-state index contributed by atoms with van der Waals surface area (Å²) in [5.41, 5.74) is 0. The molecule has 5 heteroatoms. The van der Waals surface area contributed by atoms with Crippen LogP contribution in [0.25, 0.3) is 0 Å². The lowest BCUT2D eigenvalue weighted by molar-refractivity contribution is -0.161. The summed E-state index contributed by atoms with van der Waals surface area (Å²) in [5.74, 6) is -0.593. The standard InChI is InChI=1S/C58H106O5/c1-3-5-7-9-11-13-15-16-17-18-19-20-21-22-23-24-25-26-27-28-29-30-31-32-33-34-35-36-37-38-39-40-41-42-43-45-47-49-51-53-58(61)63-56(54-59)55-62-57(60)52-50-48-46-44-14-12-10-8-6-4-2/h8,10,15-16,18-19,21-22,56,59H,3-7,9,11-14,17,20,23-55H2,1-2H3/b10-8-,16-15-,19-18-,22-21-. The molecule has 0 radical (unpaired) electrons. The summed E-state index contributed by atoms with van der Waals surface area (Å²) in [5, 5.41) is 9.58. The fourth-order valence-electron chi connectivity index (χ4n) is 8.16.